The number of nitrogens with one attached hydrogen (secondary N) is 2. The van der Waals surface area contributed by atoms with E-state index in [9.17, 15) is 9.18 Å². The third-order valence-corrected chi connectivity index (χ3v) is 2.77. The van der Waals surface area contributed by atoms with Gasteiger partial charge in [-0.15, -0.1) is 0 Å². The molecule has 0 aromatic heterocycles. The molecule has 1 aromatic carbocycles. The van der Waals surface area contributed by atoms with Crippen molar-refractivity contribution in [1.82, 2.24) is 5.32 Å². The molecule has 0 aliphatic rings. The maximum absolute atomic E-state index is 13.3. The summed E-state index contributed by atoms with van der Waals surface area (Å²) in [5.41, 5.74) is 0.151. The summed E-state index contributed by atoms with van der Waals surface area (Å²) in [5, 5.41) is 5.27. The molecule has 0 spiro atoms. The second-order valence-electron chi connectivity index (χ2n) is 5.17. The first kappa shape index (κ1) is 13.5. The molecule has 0 bridgehead atoms. The lowest BCUT2D eigenvalue weighted by Gasteiger charge is -2.28. The van der Waals surface area contributed by atoms with Gasteiger partial charge in [-0.2, -0.15) is 0 Å². The molecule has 2 amide bonds. The summed E-state index contributed by atoms with van der Waals surface area (Å²) in [5.74, 6) is -0.439. The lowest BCUT2D eigenvalue weighted by Crippen LogP contribution is -2.43. The lowest BCUT2D eigenvalue weighted by molar-refractivity contribution is 0.233. The largest absolute Gasteiger partial charge is 0.335 e. The zero-order chi connectivity index (χ0) is 13.1. The Balaban J connectivity index is 2.60. The molecular weight excluding hydrogens is 219 g/mol. The normalized spacial score (nSPS) is 13.0. The van der Waals surface area contributed by atoms with Crippen LogP contribution in [0.3, 0.4) is 0 Å². The number of amides is 2. The third-order valence-electron chi connectivity index (χ3n) is 2.77. The van der Waals surface area contributed by atoms with Gasteiger partial charge in [-0.05, 0) is 24.5 Å². The molecule has 0 aliphatic heterocycles. The van der Waals surface area contributed by atoms with Gasteiger partial charge in [-0.25, -0.2) is 9.18 Å². The number of hydrogen-bond donors (Lipinski definition) is 2. The van der Waals surface area contributed by atoms with E-state index in [0.29, 0.717) is 0 Å². The Labute approximate surface area is 101 Å². The molecule has 1 atom stereocenters. The second kappa shape index (κ2) is 5.17. The molecule has 94 valence electrons. The minimum Gasteiger partial charge on any atom is -0.335 e. The molecule has 0 saturated heterocycles. The van der Waals surface area contributed by atoms with E-state index in [-0.39, 0.29) is 17.1 Å². The molecule has 1 rings (SSSR count). The van der Waals surface area contributed by atoms with Gasteiger partial charge in [-0.1, -0.05) is 32.9 Å². The van der Waals surface area contributed by atoms with Crippen LogP contribution in [0.1, 0.15) is 27.7 Å². The summed E-state index contributed by atoms with van der Waals surface area (Å²) in [6, 6.07) is 5.69. The van der Waals surface area contributed by atoms with Crippen molar-refractivity contribution in [2.75, 3.05) is 5.32 Å². The van der Waals surface area contributed by atoms with E-state index >= 15 is 0 Å². The first-order valence-electron chi connectivity index (χ1n) is 5.63. The van der Waals surface area contributed by atoms with Crippen molar-refractivity contribution < 1.29 is 9.18 Å². The predicted molar refractivity (Wildman–Crippen MR) is 67.5 cm³/mol. The van der Waals surface area contributed by atoms with E-state index in [2.05, 4.69) is 10.6 Å². The Morgan fingerprint density at radius 2 is 1.88 bits per heavy atom. The van der Waals surface area contributed by atoms with Gasteiger partial charge < -0.3 is 10.6 Å². The van der Waals surface area contributed by atoms with E-state index in [1.807, 2.05) is 27.7 Å². The molecule has 0 heterocycles. The summed E-state index contributed by atoms with van der Waals surface area (Å²) in [7, 11) is 0. The maximum atomic E-state index is 13.3. The van der Waals surface area contributed by atoms with Crippen LogP contribution < -0.4 is 10.6 Å². The summed E-state index contributed by atoms with van der Waals surface area (Å²) in [6.07, 6.45) is 0. The number of hydrogen-bond acceptors (Lipinski definition) is 1. The van der Waals surface area contributed by atoms with Gasteiger partial charge in [0, 0.05) is 6.04 Å². The van der Waals surface area contributed by atoms with Crippen molar-refractivity contribution in [3.05, 3.63) is 30.1 Å². The van der Waals surface area contributed by atoms with Crippen LogP contribution in [0.5, 0.6) is 0 Å². The standard InChI is InChI=1S/C13H19FN2O/c1-9(13(2,3)4)15-12(17)16-11-8-6-5-7-10(11)14/h5-9H,1-4H3,(H2,15,16,17)/t9-/m1/s1. The van der Waals surface area contributed by atoms with Crippen molar-refractivity contribution in [1.29, 1.82) is 0 Å². The van der Waals surface area contributed by atoms with Gasteiger partial charge in [-0.3, -0.25) is 0 Å². The number of anilines is 1. The molecule has 0 radical (unpaired) electrons. The minimum absolute atomic E-state index is 0.00530. The molecule has 1 aromatic rings. The van der Waals surface area contributed by atoms with Gasteiger partial charge in [0.25, 0.3) is 0 Å². The van der Waals surface area contributed by atoms with Crippen LogP contribution in [0.25, 0.3) is 0 Å². The van der Waals surface area contributed by atoms with Crippen LogP contribution in [0.4, 0.5) is 14.9 Å². The van der Waals surface area contributed by atoms with Crippen LogP contribution in [-0.4, -0.2) is 12.1 Å². The molecule has 0 unspecified atom stereocenters. The summed E-state index contributed by atoms with van der Waals surface area (Å²) in [6.45, 7) is 8.00. The van der Waals surface area contributed by atoms with E-state index in [1.165, 1.54) is 12.1 Å². The predicted octanol–water partition coefficient (Wildman–Crippen LogP) is 3.38. The Morgan fingerprint density at radius 1 is 1.29 bits per heavy atom. The molecule has 0 aliphatic carbocycles. The lowest BCUT2D eigenvalue weighted by atomic mass is 9.88. The number of para-hydroxylation sites is 1. The van der Waals surface area contributed by atoms with Crippen LogP contribution in [0.2, 0.25) is 0 Å². The second-order valence-corrected chi connectivity index (χ2v) is 5.17. The molecule has 0 saturated carbocycles. The van der Waals surface area contributed by atoms with E-state index in [0.717, 1.165) is 0 Å². The summed E-state index contributed by atoms with van der Waals surface area (Å²) in [4.78, 5) is 11.6. The average Bonchev–Trinajstić information content (AvgIpc) is 2.20. The number of carbonyl (C=O) groups excluding carboxylic acids is 1. The fourth-order valence-electron chi connectivity index (χ4n) is 1.13. The topological polar surface area (TPSA) is 41.1 Å². The third kappa shape index (κ3) is 4.06. The van der Waals surface area contributed by atoms with Gasteiger partial charge in [0.1, 0.15) is 5.82 Å². The maximum Gasteiger partial charge on any atom is 0.319 e. The highest BCUT2D eigenvalue weighted by Crippen LogP contribution is 2.19. The zero-order valence-electron chi connectivity index (χ0n) is 10.7. The average molecular weight is 238 g/mol. The van der Waals surface area contributed by atoms with E-state index < -0.39 is 11.8 Å². The van der Waals surface area contributed by atoms with E-state index in [1.54, 1.807) is 12.1 Å². The van der Waals surface area contributed by atoms with Crippen molar-refractivity contribution in [3.8, 4) is 0 Å². The number of carbonyl (C=O) groups is 1. The van der Waals surface area contributed by atoms with Crippen LogP contribution in [0, 0.1) is 11.2 Å². The molecule has 2 N–H and O–H groups in total. The fraction of sp³-hybridized carbons (Fsp3) is 0.462. The van der Waals surface area contributed by atoms with Crippen molar-refractivity contribution in [2.24, 2.45) is 5.41 Å². The SMILES string of the molecule is C[C@@H](NC(=O)Nc1ccccc1F)C(C)(C)C. The number of urea groups is 1. The first-order chi connectivity index (χ1) is 7.80. The Bertz CT molecular complexity index is 399. The molecular formula is C13H19FN2O. The molecule has 17 heavy (non-hydrogen) atoms. The number of halogens is 1. The number of rotatable bonds is 2. The van der Waals surface area contributed by atoms with E-state index in [4.69, 9.17) is 0 Å². The highest BCUT2D eigenvalue weighted by molar-refractivity contribution is 5.89. The van der Waals surface area contributed by atoms with Crippen LogP contribution in [0.15, 0.2) is 24.3 Å². The Morgan fingerprint density at radius 3 is 2.41 bits per heavy atom. The van der Waals surface area contributed by atoms with Gasteiger partial charge >= 0.3 is 6.03 Å². The van der Waals surface area contributed by atoms with Gasteiger partial charge in [0.2, 0.25) is 0 Å². The Hall–Kier alpha value is -1.58. The molecule has 3 nitrogen and oxygen atoms in total. The molecule has 0 fully saturated rings. The smallest absolute Gasteiger partial charge is 0.319 e. The molecule has 4 heteroatoms. The summed E-state index contributed by atoms with van der Waals surface area (Å²) >= 11 is 0. The highest BCUT2D eigenvalue weighted by atomic mass is 19.1. The van der Waals surface area contributed by atoms with Crippen molar-refractivity contribution in [3.63, 3.8) is 0 Å². The van der Waals surface area contributed by atoms with Crippen LogP contribution >= 0.6 is 0 Å². The first-order valence-corrected chi connectivity index (χ1v) is 5.63. The highest BCUT2D eigenvalue weighted by Gasteiger charge is 2.21. The van der Waals surface area contributed by atoms with Gasteiger partial charge in [0.05, 0.1) is 5.69 Å². The zero-order valence-corrected chi connectivity index (χ0v) is 10.7. The van der Waals surface area contributed by atoms with Gasteiger partial charge in [0.15, 0.2) is 0 Å². The Kier molecular flexibility index (Phi) is 4.10. The quantitative estimate of drug-likeness (QED) is 0.814. The van der Waals surface area contributed by atoms with Crippen molar-refractivity contribution in [2.45, 2.75) is 33.7 Å². The minimum atomic E-state index is -0.439. The van der Waals surface area contributed by atoms with Crippen LogP contribution in [-0.2, 0) is 0 Å². The number of benzene rings is 1. The van der Waals surface area contributed by atoms with Crippen molar-refractivity contribution >= 4 is 11.7 Å². The monoisotopic (exact) mass is 238 g/mol. The summed E-state index contributed by atoms with van der Waals surface area (Å²) < 4.78 is 13.3. The fourth-order valence-corrected chi connectivity index (χ4v) is 1.13.